The van der Waals surface area contributed by atoms with Crippen molar-refractivity contribution in [1.82, 2.24) is 68.7 Å². The highest BCUT2D eigenvalue weighted by atomic mass is 32.2. The third-order valence-corrected chi connectivity index (χ3v) is 21.0. The first-order valence-corrected chi connectivity index (χ1v) is 35.0. The van der Waals surface area contributed by atoms with E-state index >= 15 is 0 Å². The molecule has 10 saturated heterocycles. The van der Waals surface area contributed by atoms with Gasteiger partial charge >= 0.3 is 0 Å². The van der Waals surface area contributed by atoms with Gasteiger partial charge in [0, 0.05) is 159 Å². The van der Waals surface area contributed by atoms with E-state index in [0.717, 1.165) is 82.3 Å². The Morgan fingerprint density at radius 3 is 1.43 bits per heavy atom. The lowest BCUT2D eigenvalue weighted by molar-refractivity contribution is -0.125. The Kier molecular flexibility index (Phi) is 30.5. The number of rotatable bonds is 10. The van der Waals surface area contributed by atoms with Crippen LogP contribution >= 0.6 is 0 Å². The normalized spacial score (nSPS) is 26.2. The number of likely N-dealkylation sites (N-methyl/N-ethyl adjacent to an activating group) is 6. The highest BCUT2D eigenvalue weighted by Crippen LogP contribution is 2.31. The molecule has 3 aromatic rings. The summed E-state index contributed by atoms with van der Waals surface area (Å²) in [6.07, 6.45) is 10.0. The van der Waals surface area contributed by atoms with Crippen LogP contribution in [-0.2, 0) is 9.84 Å². The summed E-state index contributed by atoms with van der Waals surface area (Å²) in [5, 5.41) is 9.46. The maximum absolute atomic E-state index is 11.2. The van der Waals surface area contributed by atoms with Crippen molar-refractivity contribution in [3.63, 3.8) is 0 Å². The maximum Gasteiger partial charge on any atom is 0.152 e. The van der Waals surface area contributed by atoms with Crippen LogP contribution in [0.3, 0.4) is 0 Å². The van der Waals surface area contributed by atoms with E-state index in [-0.39, 0.29) is 0 Å². The molecule has 10 aliphatic rings. The zero-order chi connectivity index (χ0) is 63.3. The summed E-state index contributed by atoms with van der Waals surface area (Å²) in [7, 11) is 27.6. The molecular formula is C69H124N14O3S. The number of sulfone groups is 1. The van der Waals surface area contributed by atoms with Gasteiger partial charge in [0.1, 0.15) is 0 Å². The first-order valence-electron chi connectivity index (χ1n) is 33.2. The average Bonchev–Trinajstić information content (AvgIpc) is 1.84. The molecule has 0 bridgehead atoms. The minimum atomic E-state index is -2.70. The third-order valence-electron chi connectivity index (χ3n) is 19.3. The number of nitrogens with zero attached hydrogens (tertiary/aromatic N) is 14. The van der Waals surface area contributed by atoms with Gasteiger partial charge in [-0.15, -0.1) is 0 Å². The molecule has 0 radical (unpaired) electrons. The molecule has 0 aliphatic carbocycles. The first kappa shape index (κ1) is 73.0. The van der Waals surface area contributed by atoms with E-state index in [1.54, 1.807) is 0 Å². The van der Waals surface area contributed by atoms with Crippen molar-refractivity contribution in [1.29, 1.82) is 0 Å². The number of likely N-dealkylation sites (tertiary alicyclic amines) is 9. The number of hydrogen-bond donors (Lipinski definition) is 1. The van der Waals surface area contributed by atoms with Crippen molar-refractivity contribution < 1.29 is 13.5 Å². The van der Waals surface area contributed by atoms with Crippen molar-refractivity contribution in [2.24, 2.45) is 5.92 Å². The first-order chi connectivity index (χ1) is 41.3. The van der Waals surface area contributed by atoms with Gasteiger partial charge in [-0.2, -0.15) is 0 Å². The monoisotopic (exact) mass is 1230 g/mol. The number of aromatic nitrogens is 1. The summed E-state index contributed by atoms with van der Waals surface area (Å²) in [5.41, 5.74) is 3.80. The molecular weight excluding hydrogens is 1100 g/mol. The lowest BCUT2D eigenvalue weighted by atomic mass is 9.92. The van der Waals surface area contributed by atoms with Gasteiger partial charge in [0.25, 0.3) is 0 Å². The van der Waals surface area contributed by atoms with Crippen LogP contribution in [0.4, 0.5) is 0 Å². The van der Waals surface area contributed by atoms with Gasteiger partial charge in [-0.1, -0.05) is 66.7 Å². The summed E-state index contributed by atoms with van der Waals surface area (Å²) in [5.74, 6) is 3.10. The Labute approximate surface area is 531 Å². The van der Waals surface area contributed by atoms with Gasteiger partial charge in [-0.25, -0.2) is 8.42 Å². The largest absolute Gasteiger partial charge is 0.388 e. The van der Waals surface area contributed by atoms with Crippen LogP contribution < -0.4 is 0 Å². The van der Waals surface area contributed by atoms with Crippen molar-refractivity contribution in [3.05, 3.63) is 102 Å². The highest BCUT2D eigenvalue weighted by Gasteiger charge is 2.43. The van der Waals surface area contributed by atoms with Crippen LogP contribution in [0.15, 0.2) is 85.1 Å². The summed E-state index contributed by atoms with van der Waals surface area (Å²) in [6, 6.07) is 31.3. The highest BCUT2D eigenvalue weighted by molar-refractivity contribution is 7.91. The predicted octanol–water partition coefficient (Wildman–Crippen LogP) is 5.07. The number of aliphatic hydroxyl groups is 1. The predicted molar refractivity (Wildman–Crippen MR) is 365 cm³/mol. The summed E-state index contributed by atoms with van der Waals surface area (Å²) >= 11 is 0. The van der Waals surface area contributed by atoms with Crippen LogP contribution in [-0.4, -0.2) is 353 Å². The quantitative estimate of drug-likeness (QED) is 0.292. The number of pyridine rings is 1. The summed E-state index contributed by atoms with van der Waals surface area (Å²) in [4.78, 5) is 34.7. The number of β-amino-alcohol motifs (C(OH)–C–C–N with tert-alkyl or cyclic N) is 1. The number of benzene rings is 2. The van der Waals surface area contributed by atoms with Crippen molar-refractivity contribution in [2.75, 3.05) is 241 Å². The van der Waals surface area contributed by atoms with Crippen LogP contribution in [0.2, 0.25) is 0 Å². The topological polar surface area (TPSA) is 109 Å². The van der Waals surface area contributed by atoms with E-state index in [1.165, 1.54) is 134 Å². The molecule has 1 N–H and O–H groups in total. The molecule has 87 heavy (non-hydrogen) atoms. The Bertz CT molecular complexity index is 2340. The smallest absolute Gasteiger partial charge is 0.152 e. The molecule has 1 aromatic heterocycles. The number of piperidine rings is 1. The van der Waals surface area contributed by atoms with E-state index < -0.39 is 15.4 Å². The lowest BCUT2D eigenvalue weighted by Gasteiger charge is -2.53. The zero-order valence-corrected chi connectivity index (χ0v) is 58.3. The summed E-state index contributed by atoms with van der Waals surface area (Å²) < 4.78 is 22.3. The van der Waals surface area contributed by atoms with E-state index in [0.29, 0.717) is 29.5 Å². The Morgan fingerprint density at radius 2 is 1.01 bits per heavy atom. The van der Waals surface area contributed by atoms with E-state index in [9.17, 15) is 13.5 Å². The molecule has 3 unspecified atom stereocenters. The minimum absolute atomic E-state index is 0.354. The Hall–Kier alpha value is -3.02. The second-order valence-corrected chi connectivity index (χ2v) is 31.1. The molecule has 10 aliphatic heterocycles. The molecule has 0 saturated carbocycles. The fourth-order valence-corrected chi connectivity index (χ4v) is 14.8. The van der Waals surface area contributed by atoms with Crippen LogP contribution in [0.5, 0.6) is 0 Å². The molecule has 0 amide bonds. The van der Waals surface area contributed by atoms with Crippen molar-refractivity contribution in [3.8, 4) is 0 Å². The Morgan fingerprint density at radius 1 is 0.506 bits per heavy atom. The minimum Gasteiger partial charge on any atom is -0.388 e. The van der Waals surface area contributed by atoms with Gasteiger partial charge < -0.3 is 54.1 Å². The fourth-order valence-electron chi connectivity index (χ4n) is 13.6. The van der Waals surface area contributed by atoms with Gasteiger partial charge in [-0.05, 0) is 199 Å². The second kappa shape index (κ2) is 36.3. The molecule has 13 rings (SSSR count). The molecule has 10 fully saturated rings. The van der Waals surface area contributed by atoms with E-state index in [2.05, 4.69) is 240 Å². The standard InChI is InChI=1S/2C10H13N.C9H12N2.C8H16N2O2S.C8H16N2O.3C8H18N2/c1-11-7-10(8-11)9-5-3-2-4-6-9;1-11-8-7-10(11)9-5-3-2-4-6-9;1-11-6-8(7-11)9-4-2-3-5-10-9;1-9-6-8(7-9)10-2-4-13(11,12)5-3-10;1-8(11)5-10(6-8)7-3-9(2)4-7;1-9(2)8-4-6-10(3)7-5-8;1-9(2)6-8-4-5-10(3)7-8;1-9(2)7-8-5-4-6-10(8)3/h2*2-6,10H,7-8H2,1H3;2-5,8H,6-7H2,1H3;8H,2-7H2,1H3;7,11H,3-6H2,1-2H3;3*8H,4-7H2,1-3H3. The van der Waals surface area contributed by atoms with Crippen LogP contribution in [0.1, 0.15) is 80.1 Å². The van der Waals surface area contributed by atoms with Crippen LogP contribution in [0.25, 0.3) is 0 Å². The molecule has 494 valence electrons. The average molecular weight is 1230 g/mol. The zero-order valence-electron chi connectivity index (χ0n) is 57.4. The Balaban J connectivity index is 0.000000159. The lowest BCUT2D eigenvalue weighted by Crippen LogP contribution is -2.69. The van der Waals surface area contributed by atoms with Gasteiger partial charge in [-0.3, -0.25) is 19.7 Å². The van der Waals surface area contributed by atoms with Gasteiger partial charge in [0.15, 0.2) is 9.84 Å². The second-order valence-electron chi connectivity index (χ2n) is 28.8. The third kappa shape index (κ3) is 25.9. The molecule has 2 aromatic carbocycles. The van der Waals surface area contributed by atoms with E-state index in [4.69, 9.17) is 0 Å². The fraction of sp³-hybridized carbons (Fsp3) is 0.754. The molecule has 0 spiro atoms. The van der Waals surface area contributed by atoms with Crippen molar-refractivity contribution in [2.45, 2.75) is 93.1 Å². The van der Waals surface area contributed by atoms with Crippen LogP contribution in [0, 0.1) is 5.92 Å². The van der Waals surface area contributed by atoms with Gasteiger partial charge in [0.05, 0.1) is 17.1 Å². The SMILES string of the molecule is CN(C)CC1CCCN1C.CN(C)CC1CCN(C)C1.CN1CC(N2CC(C)(O)C2)C1.CN1CC(N2CCS(=O)(=O)CC2)C1.CN1CC(c2ccccc2)C1.CN1CC(c2ccccn2)C1.CN1CCC(N(C)C)CC1.CN1CCC1c1ccccc1. The molecule has 17 nitrogen and oxygen atoms in total. The molecule has 18 heteroatoms. The van der Waals surface area contributed by atoms with Crippen molar-refractivity contribution >= 4 is 9.84 Å². The maximum atomic E-state index is 11.2. The molecule has 11 heterocycles. The summed E-state index contributed by atoms with van der Waals surface area (Å²) in [6.45, 7) is 24.6. The number of hydrogen-bond acceptors (Lipinski definition) is 17. The molecule has 3 atom stereocenters. The van der Waals surface area contributed by atoms with Gasteiger partial charge in [0.2, 0.25) is 0 Å². The van der Waals surface area contributed by atoms with E-state index in [1.807, 2.05) is 19.2 Å².